The van der Waals surface area contributed by atoms with Gasteiger partial charge in [-0.25, -0.2) is 0 Å². The first-order valence-electron chi connectivity index (χ1n) is 7.01. The number of hydrogen-bond acceptors (Lipinski definition) is 3. The highest BCUT2D eigenvalue weighted by atomic mass is 16.5. The van der Waals surface area contributed by atoms with E-state index in [1.807, 2.05) is 36.4 Å². The van der Waals surface area contributed by atoms with Crippen molar-refractivity contribution in [2.24, 2.45) is 0 Å². The van der Waals surface area contributed by atoms with E-state index < -0.39 is 6.10 Å². The van der Waals surface area contributed by atoms with Gasteiger partial charge in [-0.1, -0.05) is 24.3 Å². The third-order valence-electron chi connectivity index (χ3n) is 3.59. The number of fused-ring (bicyclic) bond motifs is 1. The Bertz CT molecular complexity index is 640. The summed E-state index contributed by atoms with van der Waals surface area (Å²) in [4.78, 5) is 11.9. The Morgan fingerprint density at radius 1 is 1.24 bits per heavy atom. The van der Waals surface area contributed by atoms with E-state index in [0.29, 0.717) is 12.2 Å². The minimum Gasteiger partial charge on any atom is -0.493 e. The summed E-state index contributed by atoms with van der Waals surface area (Å²) in [6.07, 6.45) is 0.148. The van der Waals surface area contributed by atoms with Crippen LogP contribution in [0.25, 0.3) is 0 Å². The Morgan fingerprint density at radius 2 is 2.05 bits per heavy atom. The van der Waals surface area contributed by atoms with Crippen LogP contribution < -0.4 is 10.1 Å². The summed E-state index contributed by atoms with van der Waals surface area (Å²) in [6, 6.07) is 14.6. The molecule has 1 unspecified atom stereocenters. The molecule has 0 saturated heterocycles. The van der Waals surface area contributed by atoms with E-state index in [4.69, 9.17) is 4.74 Å². The van der Waals surface area contributed by atoms with Gasteiger partial charge in [-0.3, -0.25) is 4.79 Å². The lowest BCUT2D eigenvalue weighted by Crippen LogP contribution is -2.28. The second kappa shape index (κ2) is 5.97. The Kier molecular flexibility index (Phi) is 3.88. The average molecular weight is 283 g/mol. The molecule has 0 spiro atoms. The van der Waals surface area contributed by atoms with Crippen molar-refractivity contribution in [2.75, 3.05) is 13.2 Å². The van der Waals surface area contributed by atoms with Crippen LogP contribution in [-0.2, 0) is 6.42 Å². The molecular formula is C17H17NO3. The zero-order chi connectivity index (χ0) is 14.7. The summed E-state index contributed by atoms with van der Waals surface area (Å²) < 4.78 is 5.44. The maximum Gasteiger partial charge on any atom is 0.251 e. The van der Waals surface area contributed by atoms with Crippen molar-refractivity contribution in [3.05, 3.63) is 65.2 Å². The fourth-order valence-electron chi connectivity index (χ4n) is 2.41. The van der Waals surface area contributed by atoms with Crippen LogP contribution in [0.5, 0.6) is 5.75 Å². The second-order valence-electron chi connectivity index (χ2n) is 5.06. The van der Waals surface area contributed by atoms with Crippen molar-refractivity contribution < 1.29 is 14.6 Å². The highest BCUT2D eigenvalue weighted by Gasteiger charge is 2.16. The van der Waals surface area contributed by atoms with Crippen LogP contribution >= 0.6 is 0 Å². The number of nitrogens with one attached hydrogen (secondary N) is 1. The van der Waals surface area contributed by atoms with Gasteiger partial charge in [0.05, 0.1) is 12.7 Å². The number of benzene rings is 2. The van der Waals surface area contributed by atoms with Crippen molar-refractivity contribution >= 4 is 5.91 Å². The van der Waals surface area contributed by atoms with E-state index in [1.165, 1.54) is 0 Å². The monoisotopic (exact) mass is 283 g/mol. The number of ether oxygens (including phenoxy) is 1. The lowest BCUT2D eigenvalue weighted by atomic mass is 10.0. The predicted molar refractivity (Wildman–Crippen MR) is 79.4 cm³/mol. The van der Waals surface area contributed by atoms with Crippen molar-refractivity contribution in [3.8, 4) is 5.75 Å². The molecule has 3 rings (SSSR count). The molecule has 0 saturated carbocycles. The summed E-state index contributed by atoms with van der Waals surface area (Å²) in [5.74, 6) is 0.707. The first kappa shape index (κ1) is 13.6. The van der Waals surface area contributed by atoms with Crippen LogP contribution in [0, 0.1) is 0 Å². The Labute approximate surface area is 123 Å². The predicted octanol–water partition coefficient (Wildman–Crippen LogP) is 2.08. The van der Waals surface area contributed by atoms with Crippen LogP contribution in [0.2, 0.25) is 0 Å². The minimum absolute atomic E-state index is 0.181. The fraction of sp³-hybridized carbons (Fsp3) is 0.235. The fourth-order valence-corrected chi connectivity index (χ4v) is 2.41. The second-order valence-corrected chi connectivity index (χ2v) is 5.06. The maximum atomic E-state index is 11.9. The van der Waals surface area contributed by atoms with Gasteiger partial charge in [-0.2, -0.15) is 0 Å². The largest absolute Gasteiger partial charge is 0.493 e. The SMILES string of the molecule is O=C(NCC(O)c1ccc2c(c1)CCO2)c1ccccc1. The van der Waals surface area contributed by atoms with Crippen molar-refractivity contribution in [2.45, 2.75) is 12.5 Å². The Hall–Kier alpha value is -2.33. The third-order valence-corrected chi connectivity index (χ3v) is 3.59. The summed E-state index contributed by atoms with van der Waals surface area (Å²) in [6.45, 7) is 0.882. The van der Waals surface area contributed by atoms with Crippen molar-refractivity contribution in [1.29, 1.82) is 0 Å². The van der Waals surface area contributed by atoms with Gasteiger partial charge in [0.1, 0.15) is 5.75 Å². The van der Waals surface area contributed by atoms with Crippen LogP contribution in [0.3, 0.4) is 0 Å². The molecule has 0 fully saturated rings. The lowest BCUT2D eigenvalue weighted by molar-refractivity contribution is 0.0916. The molecule has 1 heterocycles. The molecule has 1 atom stereocenters. The van der Waals surface area contributed by atoms with Gasteiger partial charge < -0.3 is 15.2 Å². The number of carbonyl (C=O) groups excluding carboxylic acids is 1. The number of rotatable bonds is 4. The van der Waals surface area contributed by atoms with Gasteiger partial charge in [-0.05, 0) is 35.4 Å². The van der Waals surface area contributed by atoms with E-state index in [9.17, 15) is 9.90 Å². The molecule has 0 radical (unpaired) electrons. The molecule has 4 heteroatoms. The molecule has 1 amide bonds. The first-order chi connectivity index (χ1) is 10.2. The molecular weight excluding hydrogens is 266 g/mol. The summed E-state index contributed by atoms with van der Waals surface area (Å²) in [7, 11) is 0. The molecule has 2 aromatic carbocycles. The Morgan fingerprint density at radius 3 is 2.86 bits per heavy atom. The van der Waals surface area contributed by atoms with Gasteiger partial charge in [0, 0.05) is 18.5 Å². The van der Waals surface area contributed by atoms with E-state index in [-0.39, 0.29) is 12.5 Å². The zero-order valence-corrected chi connectivity index (χ0v) is 11.6. The molecule has 2 N–H and O–H groups in total. The van der Waals surface area contributed by atoms with Crippen LogP contribution in [0.4, 0.5) is 0 Å². The molecule has 4 nitrogen and oxygen atoms in total. The smallest absolute Gasteiger partial charge is 0.251 e. The quantitative estimate of drug-likeness (QED) is 0.903. The van der Waals surface area contributed by atoms with Gasteiger partial charge >= 0.3 is 0 Å². The normalized spacial score (nSPS) is 14.1. The maximum absolute atomic E-state index is 11.9. The zero-order valence-electron chi connectivity index (χ0n) is 11.6. The molecule has 108 valence electrons. The van der Waals surface area contributed by atoms with Gasteiger partial charge in [0.15, 0.2) is 0 Å². The topological polar surface area (TPSA) is 58.6 Å². The average Bonchev–Trinajstić information content (AvgIpc) is 3.00. The summed E-state index contributed by atoms with van der Waals surface area (Å²) in [5, 5.41) is 12.9. The van der Waals surface area contributed by atoms with Gasteiger partial charge in [-0.15, -0.1) is 0 Å². The van der Waals surface area contributed by atoms with Crippen molar-refractivity contribution in [3.63, 3.8) is 0 Å². The summed E-state index contributed by atoms with van der Waals surface area (Å²) in [5.41, 5.74) is 2.50. The molecule has 1 aliphatic rings. The molecule has 2 aromatic rings. The van der Waals surface area contributed by atoms with Crippen LogP contribution in [0.15, 0.2) is 48.5 Å². The van der Waals surface area contributed by atoms with E-state index in [0.717, 1.165) is 23.3 Å². The minimum atomic E-state index is -0.719. The van der Waals surface area contributed by atoms with E-state index >= 15 is 0 Å². The van der Waals surface area contributed by atoms with Gasteiger partial charge in [0.25, 0.3) is 5.91 Å². The number of amides is 1. The Balaban J connectivity index is 1.62. The number of aliphatic hydroxyl groups is 1. The van der Waals surface area contributed by atoms with Gasteiger partial charge in [0.2, 0.25) is 0 Å². The lowest BCUT2D eigenvalue weighted by Gasteiger charge is -2.13. The van der Waals surface area contributed by atoms with E-state index in [2.05, 4.69) is 5.32 Å². The number of aliphatic hydroxyl groups excluding tert-OH is 1. The molecule has 0 bridgehead atoms. The van der Waals surface area contributed by atoms with Crippen molar-refractivity contribution in [1.82, 2.24) is 5.32 Å². The molecule has 0 aliphatic carbocycles. The van der Waals surface area contributed by atoms with E-state index in [1.54, 1.807) is 12.1 Å². The molecule has 21 heavy (non-hydrogen) atoms. The molecule has 0 aromatic heterocycles. The van der Waals surface area contributed by atoms with Crippen LogP contribution in [0.1, 0.15) is 27.6 Å². The standard InChI is InChI=1S/C17H17NO3/c19-15(11-18-17(20)12-4-2-1-3-5-12)13-6-7-16-14(10-13)8-9-21-16/h1-7,10,15,19H,8-9,11H2,(H,18,20). The highest BCUT2D eigenvalue weighted by molar-refractivity contribution is 5.94. The first-order valence-corrected chi connectivity index (χ1v) is 7.01. The number of hydrogen-bond donors (Lipinski definition) is 2. The van der Waals surface area contributed by atoms with Crippen LogP contribution in [-0.4, -0.2) is 24.2 Å². The summed E-state index contributed by atoms with van der Waals surface area (Å²) >= 11 is 0. The highest BCUT2D eigenvalue weighted by Crippen LogP contribution is 2.27. The third kappa shape index (κ3) is 3.06. The molecule has 1 aliphatic heterocycles. The number of carbonyl (C=O) groups is 1.